The summed E-state index contributed by atoms with van der Waals surface area (Å²) in [5, 5.41) is 12.5. The smallest absolute Gasteiger partial charge is 0.410 e. The molecule has 0 saturated carbocycles. The first-order valence-corrected chi connectivity index (χ1v) is 10.3. The van der Waals surface area contributed by atoms with Crippen LogP contribution in [0.2, 0.25) is 0 Å². The summed E-state index contributed by atoms with van der Waals surface area (Å²) < 4.78 is 6.34. The molecule has 0 bridgehead atoms. The third kappa shape index (κ3) is 3.53. The molecule has 2 heterocycles. The van der Waals surface area contributed by atoms with Crippen LogP contribution in [0.3, 0.4) is 0 Å². The highest BCUT2D eigenvalue weighted by atomic mass is 79.9. The van der Waals surface area contributed by atoms with E-state index in [4.69, 9.17) is 15.6 Å². The van der Waals surface area contributed by atoms with E-state index in [0.717, 1.165) is 39.0 Å². The van der Waals surface area contributed by atoms with E-state index >= 15 is 0 Å². The van der Waals surface area contributed by atoms with E-state index in [1.54, 1.807) is 0 Å². The molecule has 0 spiro atoms. The van der Waals surface area contributed by atoms with Gasteiger partial charge < -0.3 is 25.8 Å². The van der Waals surface area contributed by atoms with Gasteiger partial charge in [-0.05, 0) is 39.4 Å². The normalized spacial score (nSPS) is 19.5. The fraction of sp³-hybridized carbons (Fsp3) is 0.450. The second-order valence-corrected chi connectivity index (χ2v) is 8.90. The summed E-state index contributed by atoms with van der Waals surface area (Å²) in [5.41, 5.74) is 11.0. The molecule has 9 heteroatoms. The van der Waals surface area contributed by atoms with Crippen LogP contribution in [0.5, 0.6) is 0 Å². The number of hydrogen-bond donors (Lipinski definition) is 3. The van der Waals surface area contributed by atoms with Gasteiger partial charge in [0.25, 0.3) is 0 Å². The van der Waals surface area contributed by atoms with Crippen molar-refractivity contribution in [3.05, 3.63) is 34.1 Å². The Hall–Kier alpha value is -2.39. The second kappa shape index (κ2) is 7.46. The van der Waals surface area contributed by atoms with E-state index in [1.807, 2.05) is 12.1 Å². The third-order valence-corrected chi connectivity index (χ3v) is 6.18. The van der Waals surface area contributed by atoms with Crippen molar-refractivity contribution < 1.29 is 14.6 Å². The molecule has 1 saturated heterocycles. The van der Waals surface area contributed by atoms with Crippen LogP contribution in [0.15, 0.2) is 22.9 Å². The van der Waals surface area contributed by atoms with Crippen LogP contribution in [0, 0.1) is 0 Å². The number of nitrogens with zero attached hydrogens (tertiary/aromatic N) is 3. The number of β-amino-alcohol motifs (C(OH)–C–C–N with tert-alkyl or cyclic N) is 1. The number of anilines is 2. The quantitative estimate of drug-likeness (QED) is 0.626. The lowest BCUT2D eigenvalue weighted by Crippen LogP contribution is -2.31. The number of cyclic esters (lactones) is 1. The summed E-state index contributed by atoms with van der Waals surface area (Å²) in [6.45, 7) is 5.42. The summed E-state index contributed by atoms with van der Waals surface area (Å²) in [6.07, 6.45) is 1.61. The zero-order chi connectivity index (χ0) is 20.8. The first kappa shape index (κ1) is 19.9. The summed E-state index contributed by atoms with van der Waals surface area (Å²) >= 11 is 3.65. The van der Waals surface area contributed by atoms with E-state index in [1.165, 1.54) is 11.2 Å². The molecule has 2 aromatic rings. The van der Waals surface area contributed by atoms with Crippen molar-refractivity contribution in [3.8, 4) is 11.3 Å². The van der Waals surface area contributed by atoms with Gasteiger partial charge in [-0.3, -0.25) is 0 Å². The number of carbonyl (C=O) groups excluding carboxylic acids is 1. The van der Waals surface area contributed by atoms with Gasteiger partial charge >= 0.3 is 6.09 Å². The fourth-order valence-electron chi connectivity index (χ4n) is 4.22. The van der Waals surface area contributed by atoms with Crippen LogP contribution in [-0.2, 0) is 16.6 Å². The summed E-state index contributed by atoms with van der Waals surface area (Å²) in [4.78, 5) is 22.1. The largest absolute Gasteiger partial charge is 0.442 e. The summed E-state index contributed by atoms with van der Waals surface area (Å²) in [5.74, 6) is 0.518. The van der Waals surface area contributed by atoms with Crippen molar-refractivity contribution in [2.45, 2.75) is 31.8 Å². The minimum atomic E-state index is -0.387. The monoisotopic (exact) mass is 461 g/mol. The van der Waals surface area contributed by atoms with E-state index in [2.05, 4.69) is 45.1 Å². The maximum absolute atomic E-state index is 11.9. The molecule has 1 aromatic carbocycles. The number of nitrogens with two attached hydrogens (primary N) is 1. The fourth-order valence-corrected chi connectivity index (χ4v) is 4.73. The number of amides is 1. The lowest BCUT2D eigenvalue weighted by atomic mass is 9.71. The molecular formula is C20H24BrN5O3. The SMILES string of the molecule is CC1(C)Cc2c(ccc(Br)c2NCC2CN(CCO)C(=O)O2)-c2ncnc(N)c21. The maximum Gasteiger partial charge on any atom is 0.410 e. The van der Waals surface area contributed by atoms with Gasteiger partial charge in [0.05, 0.1) is 31.1 Å². The van der Waals surface area contributed by atoms with Crippen LogP contribution in [-0.4, -0.2) is 58.4 Å². The molecule has 8 nitrogen and oxygen atoms in total. The van der Waals surface area contributed by atoms with E-state index in [-0.39, 0.29) is 30.8 Å². The van der Waals surface area contributed by atoms with Crippen LogP contribution >= 0.6 is 15.9 Å². The molecule has 1 atom stereocenters. The van der Waals surface area contributed by atoms with Gasteiger partial charge in [-0.1, -0.05) is 19.9 Å². The Kier molecular flexibility index (Phi) is 5.12. The van der Waals surface area contributed by atoms with Crippen LogP contribution in [0.25, 0.3) is 11.3 Å². The molecule has 4 rings (SSSR count). The number of carbonyl (C=O) groups is 1. The number of benzene rings is 1. The van der Waals surface area contributed by atoms with Gasteiger partial charge in [-0.2, -0.15) is 0 Å². The Bertz CT molecular complexity index is 965. The predicted molar refractivity (Wildman–Crippen MR) is 114 cm³/mol. The molecule has 1 fully saturated rings. The van der Waals surface area contributed by atoms with Gasteiger partial charge in [-0.25, -0.2) is 14.8 Å². The molecule has 1 unspecified atom stereocenters. The molecule has 1 aliphatic carbocycles. The van der Waals surface area contributed by atoms with E-state index in [9.17, 15) is 4.79 Å². The van der Waals surface area contributed by atoms with Crippen molar-refractivity contribution in [1.29, 1.82) is 0 Å². The number of aromatic nitrogens is 2. The first-order chi connectivity index (χ1) is 13.8. The number of nitrogen functional groups attached to an aromatic ring is 1. The Morgan fingerprint density at radius 3 is 2.97 bits per heavy atom. The summed E-state index contributed by atoms with van der Waals surface area (Å²) in [6, 6.07) is 4.03. The molecule has 4 N–H and O–H groups in total. The Morgan fingerprint density at radius 2 is 2.21 bits per heavy atom. The van der Waals surface area contributed by atoms with E-state index < -0.39 is 0 Å². The van der Waals surface area contributed by atoms with Crippen molar-refractivity contribution in [1.82, 2.24) is 14.9 Å². The zero-order valence-corrected chi connectivity index (χ0v) is 18.0. The van der Waals surface area contributed by atoms with Crippen molar-refractivity contribution in [3.63, 3.8) is 0 Å². The number of rotatable bonds is 5. The number of halogens is 1. The highest BCUT2D eigenvalue weighted by molar-refractivity contribution is 9.10. The van der Waals surface area contributed by atoms with Crippen LogP contribution < -0.4 is 11.1 Å². The molecular weight excluding hydrogens is 438 g/mol. The standard InChI is InChI=1S/C20H24BrN5O3/c1-20(2)7-13-12(17-15(20)18(22)25-10-24-17)3-4-14(21)16(13)23-8-11-9-26(5-6-27)19(28)29-11/h3-4,10-11,23,27H,5-9H2,1-2H3,(H2,22,24,25). The third-order valence-electron chi connectivity index (χ3n) is 5.52. The molecule has 1 aromatic heterocycles. The van der Waals surface area contributed by atoms with Crippen molar-refractivity contribution in [2.24, 2.45) is 0 Å². The van der Waals surface area contributed by atoms with E-state index in [0.29, 0.717) is 18.9 Å². The first-order valence-electron chi connectivity index (χ1n) is 9.55. The Labute approximate surface area is 177 Å². The van der Waals surface area contributed by atoms with Gasteiger partial charge in [0.15, 0.2) is 0 Å². The average molecular weight is 462 g/mol. The molecule has 1 aliphatic heterocycles. The lowest BCUT2D eigenvalue weighted by molar-refractivity contribution is 0.133. The molecule has 29 heavy (non-hydrogen) atoms. The average Bonchev–Trinajstić information content (AvgIpc) is 3.00. The number of hydrogen-bond acceptors (Lipinski definition) is 7. The molecule has 154 valence electrons. The predicted octanol–water partition coefficient (Wildman–Crippen LogP) is 2.55. The van der Waals surface area contributed by atoms with Crippen LogP contribution in [0.1, 0.15) is 25.0 Å². The Morgan fingerprint density at radius 1 is 1.41 bits per heavy atom. The van der Waals surface area contributed by atoms with Gasteiger partial charge in [0.2, 0.25) is 0 Å². The number of aliphatic hydroxyl groups excluding tert-OH is 1. The van der Waals surface area contributed by atoms with Crippen molar-refractivity contribution in [2.75, 3.05) is 37.3 Å². The highest BCUT2D eigenvalue weighted by Gasteiger charge is 2.36. The number of aliphatic hydroxyl groups is 1. The Balaban J connectivity index is 1.64. The van der Waals surface area contributed by atoms with Crippen LogP contribution in [0.4, 0.5) is 16.3 Å². The molecule has 1 amide bonds. The minimum Gasteiger partial charge on any atom is -0.442 e. The van der Waals surface area contributed by atoms with Gasteiger partial charge in [0.1, 0.15) is 18.2 Å². The minimum absolute atomic E-state index is 0.0769. The molecule has 0 radical (unpaired) electrons. The number of ether oxygens (including phenoxy) is 1. The van der Waals surface area contributed by atoms with Crippen molar-refractivity contribution >= 4 is 33.5 Å². The lowest BCUT2D eigenvalue weighted by Gasteiger charge is -2.35. The number of fused-ring (bicyclic) bond motifs is 3. The number of nitrogens with one attached hydrogen (secondary N) is 1. The maximum atomic E-state index is 11.9. The zero-order valence-electron chi connectivity index (χ0n) is 16.4. The van der Waals surface area contributed by atoms with Gasteiger partial charge in [-0.15, -0.1) is 0 Å². The second-order valence-electron chi connectivity index (χ2n) is 8.05. The topological polar surface area (TPSA) is 114 Å². The highest BCUT2D eigenvalue weighted by Crippen LogP contribution is 2.47. The van der Waals surface area contributed by atoms with Gasteiger partial charge in [0, 0.05) is 22.1 Å². The summed E-state index contributed by atoms with van der Waals surface area (Å²) in [7, 11) is 0. The molecule has 2 aliphatic rings.